The molecule has 5 nitrogen and oxygen atoms in total. The average Bonchev–Trinajstić information content (AvgIpc) is 2.18. The van der Waals surface area contributed by atoms with Gasteiger partial charge in [-0.3, -0.25) is 10.1 Å². The van der Waals surface area contributed by atoms with Crippen LogP contribution >= 0.6 is 0 Å². The van der Waals surface area contributed by atoms with Crippen LogP contribution in [0.1, 0.15) is 11.1 Å². The molecule has 6 heteroatoms. The van der Waals surface area contributed by atoms with Crippen LogP contribution in [0.5, 0.6) is 0 Å². The molecule has 0 aromatic heterocycles. The van der Waals surface area contributed by atoms with Gasteiger partial charge in [-0.1, -0.05) is 0 Å². The second-order valence-corrected chi connectivity index (χ2v) is 3.09. The second-order valence-electron chi connectivity index (χ2n) is 3.09. The standard InChI is InChI=1S/C10H8FNO4/c1-6-4-7(2-3-10(13)14)8(11)5-9(6)12(15)16/h2-5H,1H3,(H,13,14)/b3-2+. The Morgan fingerprint density at radius 1 is 1.56 bits per heavy atom. The maximum Gasteiger partial charge on any atom is 0.328 e. The minimum Gasteiger partial charge on any atom is -0.478 e. The van der Waals surface area contributed by atoms with Crippen molar-refractivity contribution in [3.05, 3.63) is 45.3 Å². The molecule has 84 valence electrons. The van der Waals surface area contributed by atoms with Crippen molar-refractivity contribution in [1.29, 1.82) is 0 Å². The van der Waals surface area contributed by atoms with Gasteiger partial charge in [0.15, 0.2) is 0 Å². The summed E-state index contributed by atoms with van der Waals surface area (Å²) in [7, 11) is 0. The van der Waals surface area contributed by atoms with E-state index in [0.717, 1.165) is 18.2 Å². The number of carbonyl (C=O) groups is 1. The second kappa shape index (κ2) is 4.52. The third kappa shape index (κ3) is 2.63. The lowest BCUT2D eigenvalue weighted by molar-refractivity contribution is -0.385. The summed E-state index contributed by atoms with van der Waals surface area (Å²) in [6, 6.07) is 2.00. The molecule has 16 heavy (non-hydrogen) atoms. The molecular weight excluding hydrogens is 217 g/mol. The van der Waals surface area contributed by atoms with Crippen molar-refractivity contribution in [2.45, 2.75) is 6.92 Å². The quantitative estimate of drug-likeness (QED) is 0.485. The molecule has 1 aromatic carbocycles. The van der Waals surface area contributed by atoms with Crippen LogP contribution < -0.4 is 0 Å². The topological polar surface area (TPSA) is 80.4 Å². The SMILES string of the molecule is Cc1cc(/C=C/C(=O)O)c(F)cc1[N+](=O)[O-]. The molecule has 1 N–H and O–H groups in total. The number of aryl methyl sites for hydroxylation is 1. The van der Waals surface area contributed by atoms with Gasteiger partial charge in [-0.2, -0.15) is 0 Å². The third-order valence-electron chi connectivity index (χ3n) is 1.92. The summed E-state index contributed by atoms with van der Waals surface area (Å²) in [5.74, 6) is -2.04. The van der Waals surface area contributed by atoms with Crippen molar-refractivity contribution in [1.82, 2.24) is 0 Å². The van der Waals surface area contributed by atoms with Crippen LogP contribution in [0.15, 0.2) is 18.2 Å². The molecule has 0 bridgehead atoms. The molecular formula is C10H8FNO4. The van der Waals surface area contributed by atoms with Gasteiger partial charge in [0.05, 0.1) is 11.0 Å². The normalized spacial score (nSPS) is 10.6. The molecule has 1 aromatic rings. The molecule has 0 atom stereocenters. The maximum atomic E-state index is 13.3. The van der Waals surface area contributed by atoms with Crippen molar-refractivity contribution in [2.75, 3.05) is 0 Å². The molecule has 0 amide bonds. The average molecular weight is 225 g/mol. The number of rotatable bonds is 3. The Hall–Kier alpha value is -2.24. The Kier molecular flexibility index (Phi) is 3.34. The summed E-state index contributed by atoms with van der Waals surface area (Å²) in [4.78, 5) is 20.0. The number of carboxylic acid groups (broad SMARTS) is 1. The van der Waals surface area contributed by atoms with Gasteiger partial charge in [0.25, 0.3) is 5.69 Å². The Morgan fingerprint density at radius 2 is 2.19 bits per heavy atom. The molecule has 0 radical (unpaired) electrons. The lowest BCUT2D eigenvalue weighted by atomic mass is 10.1. The third-order valence-corrected chi connectivity index (χ3v) is 1.92. The largest absolute Gasteiger partial charge is 0.478 e. The van der Waals surface area contributed by atoms with Crippen LogP contribution in [0.25, 0.3) is 6.08 Å². The first kappa shape index (κ1) is 11.8. The number of nitro groups is 1. The highest BCUT2D eigenvalue weighted by molar-refractivity contribution is 5.85. The highest BCUT2D eigenvalue weighted by Gasteiger charge is 2.14. The smallest absolute Gasteiger partial charge is 0.328 e. The highest BCUT2D eigenvalue weighted by Crippen LogP contribution is 2.22. The fraction of sp³-hybridized carbons (Fsp3) is 0.100. The summed E-state index contributed by atoms with van der Waals surface area (Å²) >= 11 is 0. The summed E-state index contributed by atoms with van der Waals surface area (Å²) < 4.78 is 13.3. The van der Waals surface area contributed by atoms with Crippen LogP contribution in [0.2, 0.25) is 0 Å². The van der Waals surface area contributed by atoms with Crippen LogP contribution in [0.3, 0.4) is 0 Å². The Bertz CT molecular complexity index is 482. The first-order valence-corrected chi connectivity index (χ1v) is 4.27. The Morgan fingerprint density at radius 3 is 2.69 bits per heavy atom. The van der Waals surface area contributed by atoms with E-state index in [2.05, 4.69) is 0 Å². The maximum absolute atomic E-state index is 13.3. The van der Waals surface area contributed by atoms with Crippen molar-refractivity contribution < 1.29 is 19.2 Å². The number of nitrogens with zero attached hydrogens (tertiary/aromatic N) is 1. The summed E-state index contributed by atoms with van der Waals surface area (Å²) in [6.45, 7) is 1.45. The van der Waals surface area contributed by atoms with E-state index in [1.807, 2.05) is 0 Å². The highest BCUT2D eigenvalue weighted by atomic mass is 19.1. The summed E-state index contributed by atoms with van der Waals surface area (Å²) in [5, 5.41) is 18.8. The van der Waals surface area contributed by atoms with E-state index >= 15 is 0 Å². The van der Waals surface area contributed by atoms with E-state index in [-0.39, 0.29) is 16.8 Å². The van der Waals surface area contributed by atoms with Gasteiger partial charge >= 0.3 is 5.97 Å². The van der Waals surface area contributed by atoms with Gasteiger partial charge in [0.1, 0.15) is 5.82 Å². The predicted molar refractivity (Wildman–Crippen MR) is 54.5 cm³/mol. The van der Waals surface area contributed by atoms with Crippen LogP contribution in [0, 0.1) is 22.9 Å². The molecule has 0 saturated carbocycles. The summed E-state index contributed by atoms with van der Waals surface area (Å²) in [6.07, 6.45) is 1.82. The fourth-order valence-corrected chi connectivity index (χ4v) is 1.18. The zero-order valence-corrected chi connectivity index (χ0v) is 8.31. The number of carboxylic acids is 1. The van der Waals surface area contributed by atoms with Crippen LogP contribution in [-0.2, 0) is 4.79 Å². The van der Waals surface area contributed by atoms with Crippen molar-refractivity contribution in [3.63, 3.8) is 0 Å². The van der Waals surface area contributed by atoms with E-state index in [1.54, 1.807) is 0 Å². The van der Waals surface area contributed by atoms with Crippen molar-refractivity contribution in [2.24, 2.45) is 0 Å². The van der Waals surface area contributed by atoms with Gasteiger partial charge < -0.3 is 5.11 Å². The van der Waals surface area contributed by atoms with Crippen LogP contribution in [-0.4, -0.2) is 16.0 Å². The molecule has 0 aliphatic rings. The monoisotopic (exact) mass is 225 g/mol. The van der Waals surface area contributed by atoms with Gasteiger partial charge in [0.2, 0.25) is 0 Å². The first-order chi connectivity index (χ1) is 7.41. The zero-order chi connectivity index (χ0) is 12.3. The molecule has 1 rings (SSSR count). The van der Waals surface area contributed by atoms with Gasteiger partial charge in [-0.15, -0.1) is 0 Å². The molecule has 0 aliphatic carbocycles. The number of hydrogen-bond acceptors (Lipinski definition) is 3. The molecule has 0 unspecified atom stereocenters. The Labute approximate surface area is 90.0 Å². The predicted octanol–water partition coefficient (Wildman–Crippen LogP) is 2.14. The molecule has 0 fully saturated rings. The van der Waals surface area contributed by atoms with E-state index in [1.165, 1.54) is 13.0 Å². The lowest BCUT2D eigenvalue weighted by Crippen LogP contribution is -1.95. The zero-order valence-electron chi connectivity index (χ0n) is 8.31. The summed E-state index contributed by atoms with van der Waals surface area (Å²) in [5.41, 5.74) is -0.0492. The van der Waals surface area contributed by atoms with E-state index in [9.17, 15) is 19.3 Å². The van der Waals surface area contributed by atoms with Gasteiger partial charge in [-0.05, 0) is 19.1 Å². The minimum atomic E-state index is -1.21. The number of hydrogen-bond donors (Lipinski definition) is 1. The van der Waals surface area contributed by atoms with E-state index < -0.39 is 16.7 Å². The fourth-order valence-electron chi connectivity index (χ4n) is 1.18. The minimum absolute atomic E-state index is 0.00509. The molecule has 0 heterocycles. The van der Waals surface area contributed by atoms with E-state index in [4.69, 9.17) is 5.11 Å². The first-order valence-electron chi connectivity index (χ1n) is 4.27. The number of aliphatic carboxylic acids is 1. The van der Waals surface area contributed by atoms with Crippen molar-refractivity contribution in [3.8, 4) is 0 Å². The Balaban J connectivity index is 3.20. The molecule has 0 spiro atoms. The number of halogens is 1. The number of nitro benzene ring substituents is 1. The van der Waals surface area contributed by atoms with Crippen LogP contribution in [0.4, 0.5) is 10.1 Å². The van der Waals surface area contributed by atoms with Crippen molar-refractivity contribution >= 4 is 17.7 Å². The van der Waals surface area contributed by atoms with Gasteiger partial charge in [-0.25, -0.2) is 9.18 Å². The lowest BCUT2D eigenvalue weighted by Gasteiger charge is -2.00. The molecule has 0 aliphatic heterocycles. The number of benzene rings is 1. The van der Waals surface area contributed by atoms with E-state index in [0.29, 0.717) is 0 Å². The molecule has 0 saturated heterocycles. The van der Waals surface area contributed by atoms with Gasteiger partial charge in [0, 0.05) is 17.2 Å².